The van der Waals surface area contributed by atoms with Gasteiger partial charge < -0.3 is 27.9 Å². The molecule has 0 amide bonds. The number of nitrogens with zero attached hydrogens (tertiary/aromatic N) is 1. The predicted octanol–water partition coefficient (Wildman–Crippen LogP) is 25.5. The monoisotopic (exact) mass is 1330 g/mol. The molecule has 0 saturated carbocycles. The Bertz CT molecular complexity index is 2010. The molecule has 2 unspecified atom stereocenters. The number of ether oxygens (including phenoxy) is 2. The van der Waals surface area contributed by atoms with Gasteiger partial charge >= 0.3 is 11.9 Å². The van der Waals surface area contributed by atoms with E-state index < -0.39 is 26.5 Å². The molecule has 0 aliphatic carbocycles. The molecule has 0 saturated heterocycles. The minimum Gasteiger partial charge on any atom is -0.756 e. The zero-order chi connectivity index (χ0) is 68.3. The maximum Gasteiger partial charge on any atom is 0.306 e. The molecule has 0 aliphatic heterocycles. The van der Waals surface area contributed by atoms with Crippen LogP contribution in [0.2, 0.25) is 0 Å². The number of esters is 2. The van der Waals surface area contributed by atoms with Crippen molar-refractivity contribution in [3.05, 3.63) is 122 Å². The Morgan fingerprint density at radius 1 is 0.330 bits per heavy atom. The van der Waals surface area contributed by atoms with Gasteiger partial charge in [0.15, 0.2) is 6.10 Å². The summed E-state index contributed by atoms with van der Waals surface area (Å²) in [6, 6.07) is 0. The molecule has 0 aromatic heterocycles. The molecule has 94 heavy (non-hydrogen) atoms. The molecule has 0 aliphatic rings. The summed E-state index contributed by atoms with van der Waals surface area (Å²) in [5.74, 6) is -0.823. The summed E-state index contributed by atoms with van der Waals surface area (Å²) < 4.78 is 34.4. The maximum absolute atomic E-state index is 12.9. The van der Waals surface area contributed by atoms with E-state index in [1.54, 1.807) is 0 Å². The average molecular weight is 1330 g/mol. The van der Waals surface area contributed by atoms with Crippen LogP contribution in [0.25, 0.3) is 0 Å². The lowest BCUT2D eigenvalue weighted by Crippen LogP contribution is -2.37. The molecule has 0 rings (SSSR count). The van der Waals surface area contributed by atoms with Crippen molar-refractivity contribution < 1.29 is 42.1 Å². The molecule has 542 valence electrons. The second-order valence-electron chi connectivity index (χ2n) is 27.3. The first-order valence-corrected chi connectivity index (χ1v) is 40.7. The summed E-state index contributed by atoms with van der Waals surface area (Å²) in [5, 5.41) is 0. The summed E-state index contributed by atoms with van der Waals surface area (Å²) in [4.78, 5) is 38.2. The second kappa shape index (κ2) is 73.7. The lowest BCUT2D eigenvalue weighted by molar-refractivity contribution is -0.870. The van der Waals surface area contributed by atoms with Crippen LogP contribution < -0.4 is 4.89 Å². The van der Waals surface area contributed by atoms with E-state index >= 15 is 0 Å². The standard InChI is InChI=1S/C84H148NO8P/c1-6-8-10-12-14-16-18-20-22-24-26-28-30-32-34-36-37-38-39-40-41-42-43-44-45-46-47-49-51-53-55-57-59-61-63-65-67-69-71-73-75-77-84(87)93-82(81-92-94(88,89)91-79-78-85(3,4)5)80-90-83(86)76-74-72-70-68-66-64-62-60-58-56-54-52-50-48-35-33-31-29-27-25-23-21-19-17-15-13-11-9-7-2/h8-11,14-17,20-23,26-29,32-35,82H,6-7,12-13,18-19,24-25,30-31,36-81H2,1-5H3/b10-8-,11-9-,16-14-,17-15-,22-20-,23-21-,28-26-,29-27-,34-32-,35-33-. The summed E-state index contributed by atoms with van der Waals surface area (Å²) in [6.07, 6.45) is 106. The number of likely N-dealkylation sites (N-methyl/N-ethyl adjacent to an activating group) is 1. The minimum atomic E-state index is -4.65. The van der Waals surface area contributed by atoms with Gasteiger partial charge in [0.2, 0.25) is 0 Å². The van der Waals surface area contributed by atoms with Gasteiger partial charge in [-0.3, -0.25) is 14.2 Å². The van der Waals surface area contributed by atoms with E-state index in [0.29, 0.717) is 17.4 Å². The fraction of sp³-hybridized carbons (Fsp3) is 0.738. The Balaban J connectivity index is 3.94. The van der Waals surface area contributed by atoms with E-state index in [1.165, 1.54) is 212 Å². The van der Waals surface area contributed by atoms with E-state index in [1.807, 2.05) is 21.1 Å². The van der Waals surface area contributed by atoms with E-state index in [2.05, 4.69) is 135 Å². The van der Waals surface area contributed by atoms with E-state index in [9.17, 15) is 19.0 Å². The Hall–Kier alpha value is -3.59. The number of phosphoric acid groups is 1. The van der Waals surface area contributed by atoms with E-state index in [0.717, 1.165) is 103 Å². The quantitative estimate of drug-likeness (QED) is 0.0195. The minimum absolute atomic E-state index is 0.0328. The van der Waals surface area contributed by atoms with Crippen LogP contribution in [0, 0.1) is 0 Å². The van der Waals surface area contributed by atoms with Crippen LogP contribution in [0.4, 0.5) is 0 Å². The van der Waals surface area contributed by atoms with Gasteiger partial charge in [-0.15, -0.1) is 0 Å². The van der Waals surface area contributed by atoms with Crippen molar-refractivity contribution in [2.24, 2.45) is 0 Å². The van der Waals surface area contributed by atoms with Gasteiger partial charge in [0, 0.05) is 12.8 Å². The van der Waals surface area contributed by atoms with Crippen molar-refractivity contribution in [3.8, 4) is 0 Å². The molecule has 0 heterocycles. The molecule has 9 nitrogen and oxygen atoms in total. The lowest BCUT2D eigenvalue weighted by Gasteiger charge is -2.28. The van der Waals surface area contributed by atoms with Crippen LogP contribution in [0.1, 0.15) is 348 Å². The number of carbonyl (C=O) groups excluding carboxylic acids is 2. The fourth-order valence-electron chi connectivity index (χ4n) is 11.1. The first kappa shape index (κ1) is 90.4. The van der Waals surface area contributed by atoms with Gasteiger partial charge in [0.1, 0.15) is 19.8 Å². The zero-order valence-electron chi connectivity index (χ0n) is 61.9. The van der Waals surface area contributed by atoms with E-state index in [-0.39, 0.29) is 32.0 Å². The van der Waals surface area contributed by atoms with Crippen LogP contribution >= 0.6 is 7.82 Å². The maximum atomic E-state index is 12.9. The van der Waals surface area contributed by atoms with Crippen molar-refractivity contribution >= 4 is 19.8 Å². The molecule has 0 radical (unpaired) electrons. The highest BCUT2D eigenvalue weighted by Crippen LogP contribution is 2.38. The number of phosphoric ester groups is 1. The first-order valence-electron chi connectivity index (χ1n) is 39.2. The number of carbonyl (C=O) groups is 2. The van der Waals surface area contributed by atoms with Crippen LogP contribution in [0.5, 0.6) is 0 Å². The highest BCUT2D eigenvalue weighted by atomic mass is 31.2. The number of hydrogen-bond acceptors (Lipinski definition) is 8. The Morgan fingerprint density at radius 2 is 0.574 bits per heavy atom. The van der Waals surface area contributed by atoms with E-state index in [4.69, 9.17) is 18.5 Å². The third-order valence-corrected chi connectivity index (χ3v) is 17.9. The average Bonchev–Trinajstić information content (AvgIpc) is 1.57. The van der Waals surface area contributed by atoms with Crippen LogP contribution in [0.15, 0.2) is 122 Å². The summed E-state index contributed by atoms with van der Waals surface area (Å²) in [7, 11) is 1.17. The van der Waals surface area contributed by atoms with Gasteiger partial charge in [-0.25, -0.2) is 0 Å². The Kier molecular flexibility index (Phi) is 70.8. The first-order chi connectivity index (χ1) is 46.0. The molecular weight excluding hydrogens is 1180 g/mol. The Labute approximate surface area is 581 Å². The summed E-state index contributed by atoms with van der Waals surface area (Å²) >= 11 is 0. The molecule has 0 aromatic carbocycles. The predicted molar refractivity (Wildman–Crippen MR) is 406 cm³/mol. The molecule has 2 atom stereocenters. The molecule has 0 N–H and O–H groups in total. The molecular formula is C84H148NO8P. The van der Waals surface area contributed by atoms with Gasteiger partial charge in [-0.1, -0.05) is 354 Å². The number of hydrogen-bond donors (Lipinski definition) is 0. The number of allylic oxidation sites excluding steroid dienone is 20. The molecule has 0 aromatic rings. The normalized spacial score (nSPS) is 13.7. The SMILES string of the molecule is CC/C=C\C/C=C\C/C=C\C/C=C\C/C=C\CCCCCCCCCCCCCCCCCCCCCCCCCCCC(=O)OC(COC(=O)CCCCCCCCCCCCCCC/C=C\C/C=C\C/C=C\C/C=C\C/C=C\CC)COP(=O)([O-])OCC[N+](C)(C)C. The number of unbranched alkanes of at least 4 members (excludes halogenated alkanes) is 38. The van der Waals surface area contributed by atoms with Crippen LogP contribution in [-0.4, -0.2) is 70.0 Å². The molecule has 0 bridgehead atoms. The zero-order valence-corrected chi connectivity index (χ0v) is 62.8. The van der Waals surface area contributed by atoms with Gasteiger partial charge in [0.05, 0.1) is 27.7 Å². The van der Waals surface area contributed by atoms with Crippen molar-refractivity contribution in [3.63, 3.8) is 0 Å². The third-order valence-electron chi connectivity index (χ3n) is 17.0. The summed E-state index contributed by atoms with van der Waals surface area (Å²) in [5.41, 5.74) is 0. The molecule has 10 heteroatoms. The highest BCUT2D eigenvalue weighted by Gasteiger charge is 2.22. The lowest BCUT2D eigenvalue weighted by atomic mass is 10.0. The summed E-state index contributed by atoms with van der Waals surface area (Å²) in [6.45, 7) is 4.05. The Morgan fingerprint density at radius 3 is 0.851 bits per heavy atom. The number of rotatable bonds is 72. The fourth-order valence-corrected chi connectivity index (χ4v) is 11.8. The van der Waals surface area contributed by atoms with Crippen molar-refractivity contribution in [1.29, 1.82) is 0 Å². The van der Waals surface area contributed by atoms with Crippen LogP contribution in [-0.2, 0) is 32.7 Å². The smallest absolute Gasteiger partial charge is 0.306 e. The highest BCUT2D eigenvalue weighted by molar-refractivity contribution is 7.45. The van der Waals surface area contributed by atoms with Crippen molar-refractivity contribution in [2.45, 2.75) is 354 Å². The topological polar surface area (TPSA) is 111 Å². The largest absolute Gasteiger partial charge is 0.756 e. The van der Waals surface area contributed by atoms with Crippen molar-refractivity contribution in [2.75, 3.05) is 47.5 Å². The molecule has 0 spiro atoms. The second-order valence-corrected chi connectivity index (χ2v) is 28.7. The van der Waals surface area contributed by atoms with Gasteiger partial charge in [-0.2, -0.15) is 0 Å². The van der Waals surface area contributed by atoms with Crippen molar-refractivity contribution in [1.82, 2.24) is 0 Å². The number of quaternary nitrogens is 1. The molecule has 0 fully saturated rings. The van der Waals surface area contributed by atoms with Gasteiger partial charge in [-0.05, 0) is 103 Å². The van der Waals surface area contributed by atoms with Gasteiger partial charge in [0.25, 0.3) is 7.82 Å². The van der Waals surface area contributed by atoms with Crippen LogP contribution in [0.3, 0.4) is 0 Å². The third kappa shape index (κ3) is 77.4.